The predicted molar refractivity (Wildman–Crippen MR) is 121 cm³/mol. The maximum absolute atomic E-state index is 12.5. The van der Waals surface area contributed by atoms with Gasteiger partial charge in [-0.15, -0.1) is 0 Å². The summed E-state index contributed by atoms with van der Waals surface area (Å²) >= 11 is 0. The molecule has 7 nitrogen and oxygen atoms in total. The standard InChI is InChI=1S/C25H25N3O4/c29-24(14-31-16-8-10-22-18(13-16)17-4-1-2-5-21(17)32-22)26-15-7-9-19-20(12-15)28-25(27-19)23-6-3-11-30-23/h7-10,12-13,23H,1-6,11,14H2,(H,26,29)(H,27,28). The molecule has 0 radical (unpaired) electrons. The molecule has 3 heterocycles. The van der Waals surface area contributed by atoms with Gasteiger partial charge in [0, 0.05) is 29.7 Å². The first-order chi connectivity index (χ1) is 15.7. The van der Waals surface area contributed by atoms with Crippen LogP contribution in [-0.4, -0.2) is 29.1 Å². The number of nitrogens with zero attached hydrogens (tertiary/aromatic N) is 1. The Morgan fingerprint density at radius 1 is 1.16 bits per heavy atom. The second-order valence-corrected chi connectivity index (χ2v) is 8.56. The molecule has 0 spiro atoms. The summed E-state index contributed by atoms with van der Waals surface area (Å²) in [6.45, 7) is 0.715. The summed E-state index contributed by atoms with van der Waals surface area (Å²) in [4.78, 5) is 20.4. The van der Waals surface area contributed by atoms with Crippen LogP contribution in [0.2, 0.25) is 0 Å². The van der Waals surface area contributed by atoms with Crippen LogP contribution < -0.4 is 10.1 Å². The monoisotopic (exact) mass is 431 g/mol. The van der Waals surface area contributed by atoms with Gasteiger partial charge < -0.3 is 24.2 Å². The molecule has 4 aromatic rings. The normalized spacial score (nSPS) is 18.2. The van der Waals surface area contributed by atoms with Crippen LogP contribution in [0.1, 0.15) is 48.9 Å². The SMILES string of the molecule is O=C(COc1ccc2oc3c(c2c1)CCCC3)Nc1ccc2nc(C3CCCO3)[nH]c2c1. The lowest BCUT2D eigenvalue weighted by atomic mass is 9.96. The van der Waals surface area contributed by atoms with Crippen LogP contribution in [0.15, 0.2) is 40.8 Å². The van der Waals surface area contributed by atoms with Crippen LogP contribution in [0, 0.1) is 0 Å². The number of rotatable bonds is 5. The predicted octanol–water partition coefficient (Wildman–Crippen LogP) is 5.06. The number of carbonyl (C=O) groups is 1. The van der Waals surface area contributed by atoms with Gasteiger partial charge in [-0.1, -0.05) is 0 Å². The lowest BCUT2D eigenvalue weighted by Crippen LogP contribution is -2.20. The smallest absolute Gasteiger partial charge is 0.262 e. The number of anilines is 1. The zero-order valence-electron chi connectivity index (χ0n) is 17.8. The number of benzene rings is 2. The minimum absolute atomic E-state index is 0.0343. The molecule has 6 rings (SSSR count). The van der Waals surface area contributed by atoms with Crippen molar-refractivity contribution in [2.45, 2.75) is 44.6 Å². The third-order valence-electron chi connectivity index (χ3n) is 6.32. The number of ether oxygens (including phenoxy) is 2. The molecule has 1 amide bonds. The van der Waals surface area contributed by atoms with Crippen LogP contribution in [-0.2, 0) is 22.4 Å². The highest BCUT2D eigenvalue weighted by Gasteiger charge is 2.21. The Morgan fingerprint density at radius 2 is 2.09 bits per heavy atom. The first-order valence-corrected chi connectivity index (χ1v) is 11.3. The summed E-state index contributed by atoms with van der Waals surface area (Å²) in [5.74, 6) is 2.41. The second-order valence-electron chi connectivity index (χ2n) is 8.56. The fourth-order valence-corrected chi connectivity index (χ4v) is 4.73. The van der Waals surface area contributed by atoms with Gasteiger partial charge in [-0.2, -0.15) is 0 Å². The number of amides is 1. The summed E-state index contributed by atoms with van der Waals surface area (Å²) in [7, 11) is 0. The Bertz CT molecular complexity index is 1300. The minimum atomic E-state index is -0.211. The number of furan rings is 1. The molecular weight excluding hydrogens is 406 g/mol. The lowest BCUT2D eigenvalue weighted by molar-refractivity contribution is -0.118. The van der Waals surface area contributed by atoms with Crippen LogP contribution in [0.3, 0.4) is 0 Å². The quantitative estimate of drug-likeness (QED) is 0.461. The molecule has 2 aromatic carbocycles. The number of hydrogen-bond acceptors (Lipinski definition) is 5. The zero-order valence-corrected chi connectivity index (χ0v) is 17.8. The molecule has 1 aliphatic heterocycles. The largest absolute Gasteiger partial charge is 0.484 e. The third kappa shape index (κ3) is 3.62. The van der Waals surface area contributed by atoms with Crippen molar-refractivity contribution in [1.82, 2.24) is 9.97 Å². The van der Waals surface area contributed by atoms with Gasteiger partial charge in [0.1, 0.15) is 29.0 Å². The summed E-state index contributed by atoms with van der Waals surface area (Å²) in [5.41, 5.74) is 4.62. The van der Waals surface area contributed by atoms with E-state index >= 15 is 0 Å². The maximum Gasteiger partial charge on any atom is 0.262 e. The summed E-state index contributed by atoms with van der Waals surface area (Å²) in [6, 6.07) is 11.4. The van der Waals surface area contributed by atoms with E-state index in [2.05, 4.69) is 15.3 Å². The Hall–Kier alpha value is -3.32. The van der Waals surface area contributed by atoms with Crippen LogP contribution >= 0.6 is 0 Å². The van der Waals surface area contributed by atoms with Crippen molar-refractivity contribution in [2.75, 3.05) is 18.5 Å². The van der Waals surface area contributed by atoms with E-state index < -0.39 is 0 Å². The number of aromatic nitrogens is 2. The van der Waals surface area contributed by atoms with Gasteiger partial charge >= 0.3 is 0 Å². The van der Waals surface area contributed by atoms with Gasteiger partial charge in [0.15, 0.2) is 6.61 Å². The number of aryl methyl sites for hydroxylation is 2. The van der Waals surface area contributed by atoms with E-state index in [4.69, 9.17) is 13.9 Å². The molecule has 1 saturated heterocycles. The molecule has 1 atom stereocenters. The molecular formula is C25H25N3O4. The van der Waals surface area contributed by atoms with Crippen LogP contribution in [0.25, 0.3) is 22.0 Å². The molecule has 7 heteroatoms. The fourth-order valence-electron chi connectivity index (χ4n) is 4.73. The van der Waals surface area contributed by atoms with Crippen molar-refractivity contribution in [2.24, 2.45) is 0 Å². The molecule has 1 fully saturated rings. The summed E-state index contributed by atoms with van der Waals surface area (Å²) < 4.78 is 17.4. The molecule has 0 bridgehead atoms. The Labute approximate surface area is 185 Å². The number of nitrogens with one attached hydrogen (secondary N) is 2. The van der Waals surface area contributed by atoms with E-state index in [1.807, 2.05) is 36.4 Å². The third-order valence-corrected chi connectivity index (χ3v) is 6.32. The van der Waals surface area contributed by atoms with Crippen molar-refractivity contribution in [3.8, 4) is 5.75 Å². The second kappa shape index (κ2) is 7.98. The molecule has 2 aliphatic rings. The van der Waals surface area contributed by atoms with Gasteiger partial charge in [-0.05, 0) is 68.5 Å². The fraction of sp³-hybridized carbons (Fsp3) is 0.360. The van der Waals surface area contributed by atoms with E-state index in [0.29, 0.717) is 11.4 Å². The minimum Gasteiger partial charge on any atom is -0.484 e. The van der Waals surface area contributed by atoms with E-state index in [-0.39, 0.29) is 18.6 Å². The highest BCUT2D eigenvalue weighted by molar-refractivity contribution is 5.94. The van der Waals surface area contributed by atoms with Crippen molar-refractivity contribution >= 4 is 33.6 Å². The molecule has 1 aliphatic carbocycles. The molecule has 32 heavy (non-hydrogen) atoms. The Morgan fingerprint density at radius 3 is 3.00 bits per heavy atom. The number of carbonyl (C=O) groups excluding carboxylic acids is 1. The summed E-state index contributed by atoms with van der Waals surface area (Å²) in [6.07, 6.45) is 6.47. The highest BCUT2D eigenvalue weighted by Crippen LogP contribution is 2.34. The van der Waals surface area contributed by atoms with E-state index in [9.17, 15) is 4.79 Å². The molecule has 2 N–H and O–H groups in total. The first kappa shape index (κ1) is 19.4. The average Bonchev–Trinajstić information content (AvgIpc) is 3.55. The number of imidazole rings is 1. The highest BCUT2D eigenvalue weighted by atomic mass is 16.5. The summed E-state index contributed by atoms with van der Waals surface area (Å²) in [5, 5.41) is 4.00. The molecule has 0 saturated carbocycles. The van der Waals surface area contributed by atoms with E-state index in [1.54, 1.807) is 0 Å². The number of hydrogen-bond donors (Lipinski definition) is 2. The number of aromatic amines is 1. The van der Waals surface area contributed by atoms with Crippen molar-refractivity contribution in [3.63, 3.8) is 0 Å². The van der Waals surface area contributed by atoms with Crippen LogP contribution in [0.5, 0.6) is 5.75 Å². The maximum atomic E-state index is 12.5. The van der Waals surface area contributed by atoms with E-state index in [0.717, 1.165) is 65.9 Å². The zero-order chi connectivity index (χ0) is 21.5. The van der Waals surface area contributed by atoms with Gasteiger partial charge in [0.25, 0.3) is 5.91 Å². The Balaban J connectivity index is 1.12. The van der Waals surface area contributed by atoms with Gasteiger partial charge in [0.2, 0.25) is 0 Å². The Kier molecular flexibility index (Phi) is 4.83. The molecule has 1 unspecified atom stereocenters. The van der Waals surface area contributed by atoms with Gasteiger partial charge in [0.05, 0.1) is 11.0 Å². The average molecular weight is 431 g/mol. The van der Waals surface area contributed by atoms with Crippen LogP contribution in [0.4, 0.5) is 5.69 Å². The van der Waals surface area contributed by atoms with Gasteiger partial charge in [-0.25, -0.2) is 4.98 Å². The molecule has 164 valence electrons. The number of fused-ring (bicyclic) bond motifs is 4. The molecule has 2 aromatic heterocycles. The lowest BCUT2D eigenvalue weighted by Gasteiger charge is -2.09. The first-order valence-electron chi connectivity index (χ1n) is 11.3. The number of H-pyrrole nitrogens is 1. The van der Waals surface area contributed by atoms with Crippen molar-refractivity contribution in [3.05, 3.63) is 53.5 Å². The van der Waals surface area contributed by atoms with Crippen molar-refractivity contribution < 1.29 is 18.7 Å². The van der Waals surface area contributed by atoms with Crippen molar-refractivity contribution in [1.29, 1.82) is 0 Å². The van der Waals surface area contributed by atoms with Gasteiger partial charge in [-0.3, -0.25) is 4.79 Å². The van der Waals surface area contributed by atoms with E-state index in [1.165, 1.54) is 18.4 Å². The topological polar surface area (TPSA) is 89.4 Å².